The average molecular weight is 225 g/mol. The van der Waals surface area contributed by atoms with Crippen LogP contribution in [0.1, 0.15) is 51.4 Å². The third-order valence-corrected chi connectivity index (χ3v) is 3.46. The van der Waals surface area contributed by atoms with Crippen molar-refractivity contribution in [1.82, 2.24) is 5.32 Å². The molecule has 1 aliphatic rings. The summed E-state index contributed by atoms with van der Waals surface area (Å²) in [4.78, 5) is 0. The third-order valence-electron chi connectivity index (χ3n) is 3.46. The number of nitrogens with one attached hydrogen (secondary N) is 1. The third kappa shape index (κ3) is 5.13. The van der Waals surface area contributed by atoms with Crippen LogP contribution < -0.4 is 5.32 Å². The van der Waals surface area contributed by atoms with Gasteiger partial charge in [-0.2, -0.15) is 0 Å². The Balaban J connectivity index is 2.41. The number of ether oxygens (including phenoxy) is 1. The van der Waals surface area contributed by atoms with E-state index in [-0.39, 0.29) is 0 Å². The van der Waals surface area contributed by atoms with Crippen LogP contribution in [-0.2, 0) is 4.74 Å². The standard InChI is InChI=1S/C14H27NO/c1-15-14(11-8-12-16-2)13-9-6-4-3-5-7-10-13/h9,14-15H,3-8,10-12H2,1-2H3. The molecular weight excluding hydrogens is 198 g/mol. The second kappa shape index (κ2) is 8.77. The summed E-state index contributed by atoms with van der Waals surface area (Å²) in [7, 11) is 3.86. The van der Waals surface area contributed by atoms with E-state index >= 15 is 0 Å². The van der Waals surface area contributed by atoms with Crippen molar-refractivity contribution in [1.29, 1.82) is 0 Å². The average Bonchev–Trinajstić information content (AvgIpc) is 2.25. The van der Waals surface area contributed by atoms with E-state index in [0.717, 1.165) is 13.0 Å². The van der Waals surface area contributed by atoms with Gasteiger partial charge in [0.2, 0.25) is 0 Å². The SMILES string of the molecule is CNC(CCCOC)C1=CCCCCCC1. The lowest BCUT2D eigenvalue weighted by atomic mass is 9.93. The van der Waals surface area contributed by atoms with Crippen LogP contribution in [0.5, 0.6) is 0 Å². The van der Waals surface area contributed by atoms with E-state index in [2.05, 4.69) is 18.4 Å². The minimum Gasteiger partial charge on any atom is -0.385 e. The Morgan fingerprint density at radius 1 is 1.31 bits per heavy atom. The van der Waals surface area contributed by atoms with Gasteiger partial charge in [0, 0.05) is 19.8 Å². The molecule has 0 saturated carbocycles. The number of hydrogen-bond acceptors (Lipinski definition) is 2. The second-order valence-electron chi connectivity index (χ2n) is 4.71. The van der Waals surface area contributed by atoms with Gasteiger partial charge < -0.3 is 10.1 Å². The fourth-order valence-electron chi connectivity index (χ4n) is 2.48. The van der Waals surface area contributed by atoms with E-state index in [1.54, 1.807) is 12.7 Å². The van der Waals surface area contributed by atoms with Crippen molar-refractivity contribution in [2.24, 2.45) is 0 Å². The Labute approximate surface area is 100 Å². The van der Waals surface area contributed by atoms with E-state index in [4.69, 9.17) is 4.74 Å². The maximum Gasteiger partial charge on any atom is 0.0462 e. The maximum absolute atomic E-state index is 5.12. The van der Waals surface area contributed by atoms with Crippen LogP contribution in [0.2, 0.25) is 0 Å². The molecule has 0 aromatic rings. The number of methoxy groups -OCH3 is 1. The number of allylic oxidation sites excluding steroid dienone is 1. The molecule has 0 aromatic heterocycles. The van der Waals surface area contributed by atoms with Gasteiger partial charge in [-0.05, 0) is 45.6 Å². The molecule has 0 bridgehead atoms. The summed E-state index contributed by atoms with van der Waals surface area (Å²) in [5.74, 6) is 0. The van der Waals surface area contributed by atoms with E-state index in [9.17, 15) is 0 Å². The quantitative estimate of drug-likeness (QED) is 0.553. The largest absolute Gasteiger partial charge is 0.385 e. The number of rotatable bonds is 6. The monoisotopic (exact) mass is 225 g/mol. The van der Waals surface area contributed by atoms with Gasteiger partial charge in [0.25, 0.3) is 0 Å². The number of hydrogen-bond donors (Lipinski definition) is 1. The highest BCUT2D eigenvalue weighted by molar-refractivity contribution is 5.11. The maximum atomic E-state index is 5.12. The Morgan fingerprint density at radius 2 is 2.12 bits per heavy atom. The zero-order chi connectivity index (χ0) is 11.6. The lowest BCUT2D eigenvalue weighted by molar-refractivity contribution is 0.190. The number of likely N-dealkylation sites (N-methyl/N-ethyl adjacent to an activating group) is 1. The molecule has 16 heavy (non-hydrogen) atoms. The molecule has 94 valence electrons. The summed E-state index contributed by atoms with van der Waals surface area (Å²) < 4.78 is 5.12. The highest BCUT2D eigenvalue weighted by atomic mass is 16.5. The minimum atomic E-state index is 0.577. The topological polar surface area (TPSA) is 21.3 Å². The molecule has 0 saturated heterocycles. The molecule has 1 aliphatic carbocycles. The fraction of sp³-hybridized carbons (Fsp3) is 0.857. The molecule has 1 unspecified atom stereocenters. The van der Waals surface area contributed by atoms with Gasteiger partial charge in [-0.25, -0.2) is 0 Å². The Hall–Kier alpha value is -0.340. The predicted molar refractivity (Wildman–Crippen MR) is 69.7 cm³/mol. The molecular formula is C14H27NO. The van der Waals surface area contributed by atoms with Crippen molar-refractivity contribution in [3.05, 3.63) is 11.6 Å². The zero-order valence-corrected chi connectivity index (χ0v) is 10.9. The second-order valence-corrected chi connectivity index (χ2v) is 4.71. The molecule has 0 radical (unpaired) electrons. The van der Waals surface area contributed by atoms with Gasteiger partial charge in [-0.3, -0.25) is 0 Å². The summed E-state index contributed by atoms with van der Waals surface area (Å²) in [5.41, 5.74) is 1.64. The van der Waals surface area contributed by atoms with Gasteiger partial charge in [0.1, 0.15) is 0 Å². The fourth-order valence-corrected chi connectivity index (χ4v) is 2.48. The molecule has 1 atom stereocenters. The van der Waals surface area contributed by atoms with Crippen molar-refractivity contribution >= 4 is 0 Å². The van der Waals surface area contributed by atoms with Gasteiger partial charge in [0.15, 0.2) is 0 Å². The van der Waals surface area contributed by atoms with Gasteiger partial charge in [-0.1, -0.05) is 24.5 Å². The van der Waals surface area contributed by atoms with E-state index in [1.807, 2.05) is 0 Å². The first-order valence-electron chi connectivity index (χ1n) is 6.73. The smallest absolute Gasteiger partial charge is 0.0462 e. The molecule has 0 fully saturated rings. The van der Waals surface area contributed by atoms with Gasteiger partial charge >= 0.3 is 0 Å². The molecule has 1 N–H and O–H groups in total. The van der Waals surface area contributed by atoms with Gasteiger partial charge in [-0.15, -0.1) is 0 Å². The molecule has 0 aliphatic heterocycles. The van der Waals surface area contributed by atoms with Crippen LogP contribution in [0.15, 0.2) is 11.6 Å². The Kier molecular flexibility index (Phi) is 7.52. The van der Waals surface area contributed by atoms with Crippen LogP contribution in [0, 0.1) is 0 Å². The predicted octanol–water partition coefficient (Wildman–Crippen LogP) is 3.28. The summed E-state index contributed by atoms with van der Waals surface area (Å²) in [6.07, 6.45) is 13.0. The summed E-state index contributed by atoms with van der Waals surface area (Å²) in [6.45, 7) is 0.880. The van der Waals surface area contributed by atoms with Crippen molar-refractivity contribution in [3.63, 3.8) is 0 Å². The van der Waals surface area contributed by atoms with Crippen LogP contribution in [0.3, 0.4) is 0 Å². The summed E-state index contributed by atoms with van der Waals surface area (Å²) in [5, 5.41) is 3.46. The Morgan fingerprint density at radius 3 is 2.88 bits per heavy atom. The lowest BCUT2D eigenvalue weighted by Crippen LogP contribution is -2.28. The van der Waals surface area contributed by atoms with Crippen molar-refractivity contribution < 1.29 is 4.74 Å². The van der Waals surface area contributed by atoms with Crippen LogP contribution >= 0.6 is 0 Å². The van der Waals surface area contributed by atoms with Crippen molar-refractivity contribution in [2.45, 2.75) is 57.4 Å². The molecule has 0 aromatic carbocycles. The molecule has 2 nitrogen and oxygen atoms in total. The molecule has 0 spiro atoms. The molecule has 2 heteroatoms. The zero-order valence-electron chi connectivity index (χ0n) is 10.9. The van der Waals surface area contributed by atoms with Crippen LogP contribution in [-0.4, -0.2) is 26.8 Å². The van der Waals surface area contributed by atoms with E-state index in [0.29, 0.717) is 6.04 Å². The highest BCUT2D eigenvalue weighted by Gasteiger charge is 2.12. The van der Waals surface area contributed by atoms with Crippen molar-refractivity contribution in [3.8, 4) is 0 Å². The molecule has 0 amide bonds. The first kappa shape index (κ1) is 13.7. The summed E-state index contributed by atoms with van der Waals surface area (Å²) in [6, 6.07) is 0.577. The van der Waals surface area contributed by atoms with Gasteiger partial charge in [0.05, 0.1) is 0 Å². The van der Waals surface area contributed by atoms with Crippen LogP contribution in [0.4, 0.5) is 0 Å². The van der Waals surface area contributed by atoms with E-state index < -0.39 is 0 Å². The lowest BCUT2D eigenvalue weighted by Gasteiger charge is -2.21. The molecule has 1 rings (SSSR count). The normalized spacial score (nSPS) is 19.8. The molecule has 0 heterocycles. The highest BCUT2D eigenvalue weighted by Crippen LogP contribution is 2.21. The Bertz CT molecular complexity index is 201. The van der Waals surface area contributed by atoms with E-state index in [1.165, 1.54) is 44.9 Å². The summed E-state index contributed by atoms with van der Waals surface area (Å²) >= 11 is 0. The van der Waals surface area contributed by atoms with Crippen molar-refractivity contribution in [2.75, 3.05) is 20.8 Å². The minimum absolute atomic E-state index is 0.577. The first-order valence-corrected chi connectivity index (χ1v) is 6.73. The van der Waals surface area contributed by atoms with Crippen LogP contribution in [0.25, 0.3) is 0 Å². The first-order chi connectivity index (χ1) is 7.88.